The third kappa shape index (κ3) is 3.61. The molecule has 0 atom stereocenters. The van der Waals surface area contributed by atoms with Crippen LogP contribution in [0.2, 0.25) is 0 Å². The van der Waals surface area contributed by atoms with Crippen molar-refractivity contribution in [2.75, 3.05) is 11.9 Å². The Morgan fingerprint density at radius 3 is 2.58 bits per heavy atom. The van der Waals surface area contributed by atoms with Gasteiger partial charge >= 0.3 is 0 Å². The van der Waals surface area contributed by atoms with Gasteiger partial charge in [-0.25, -0.2) is 4.68 Å². The summed E-state index contributed by atoms with van der Waals surface area (Å²) in [6.45, 7) is 3.64. The van der Waals surface area contributed by atoms with Crippen LogP contribution in [0.1, 0.15) is 41.6 Å². The van der Waals surface area contributed by atoms with Crippen molar-refractivity contribution < 1.29 is 9.53 Å². The fourth-order valence-electron chi connectivity index (χ4n) is 2.71. The summed E-state index contributed by atoms with van der Waals surface area (Å²) in [6.07, 6.45) is 6.87. The highest BCUT2D eigenvalue weighted by molar-refractivity contribution is 6.04. The van der Waals surface area contributed by atoms with Gasteiger partial charge in [-0.05, 0) is 68.7 Å². The number of hydrogen-bond acceptors (Lipinski definition) is 3. The summed E-state index contributed by atoms with van der Waals surface area (Å²) >= 11 is 0. The van der Waals surface area contributed by atoms with Crippen LogP contribution in [0.3, 0.4) is 0 Å². The third-order valence-corrected chi connectivity index (χ3v) is 4.68. The minimum Gasteiger partial charge on any atom is -0.493 e. The summed E-state index contributed by atoms with van der Waals surface area (Å²) in [5.74, 6) is 2.96. The molecule has 5 heteroatoms. The van der Waals surface area contributed by atoms with Crippen LogP contribution in [0.15, 0.2) is 30.5 Å². The molecule has 0 aliphatic heterocycles. The van der Waals surface area contributed by atoms with Gasteiger partial charge in [-0.15, -0.1) is 0 Å². The Bertz CT molecular complexity index is 728. The van der Waals surface area contributed by atoms with Crippen molar-refractivity contribution in [2.45, 2.75) is 39.2 Å². The van der Waals surface area contributed by atoms with Gasteiger partial charge < -0.3 is 10.1 Å². The van der Waals surface area contributed by atoms with Crippen LogP contribution in [0.4, 0.5) is 5.82 Å². The van der Waals surface area contributed by atoms with Gasteiger partial charge in [-0.1, -0.05) is 0 Å². The van der Waals surface area contributed by atoms with Crippen molar-refractivity contribution >= 4 is 11.7 Å². The summed E-state index contributed by atoms with van der Waals surface area (Å²) in [6, 6.07) is 7.36. The first-order valence-corrected chi connectivity index (χ1v) is 8.75. The highest BCUT2D eigenvalue weighted by atomic mass is 16.5. The van der Waals surface area contributed by atoms with Gasteiger partial charge in [0.25, 0.3) is 5.91 Å². The van der Waals surface area contributed by atoms with E-state index in [4.69, 9.17) is 4.74 Å². The lowest BCUT2D eigenvalue weighted by molar-refractivity contribution is 0.102. The highest BCUT2D eigenvalue weighted by Crippen LogP contribution is 2.32. The van der Waals surface area contributed by atoms with Gasteiger partial charge in [-0.2, -0.15) is 5.10 Å². The monoisotopic (exact) mass is 325 g/mol. The van der Waals surface area contributed by atoms with Crippen molar-refractivity contribution in [3.63, 3.8) is 0 Å². The Kier molecular flexibility index (Phi) is 4.00. The maximum Gasteiger partial charge on any atom is 0.256 e. The first-order valence-electron chi connectivity index (χ1n) is 8.75. The van der Waals surface area contributed by atoms with Gasteiger partial charge in [0.1, 0.15) is 11.6 Å². The smallest absolute Gasteiger partial charge is 0.256 e. The minimum absolute atomic E-state index is 0.107. The van der Waals surface area contributed by atoms with Crippen LogP contribution in [-0.4, -0.2) is 22.3 Å². The van der Waals surface area contributed by atoms with Crippen LogP contribution in [0.5, 0.6) is 5.75 Å². The molecule has 1 aromatic carbocycles. The molecule has 24 heavy (non-hydrogen) atoms. The number of carbonyl (C=O) groups is 1. The molecule has 2 fully saturated rings. The second-order valence-electron chi connectivity index (χ2n) is 7.03. The van der Waals surface area contributed by atoms with E-state index in [-0.39, 0.29) is 5.91 Å². The van der Waals surface area contributed by atoms with Crippen molar-refractivity contribution in [2.24, 2.45) is 11.8 Å². The lowest BCUT2D eigenvalue weighted by Gasteiger charge is -2.10. The Morgan fingerprint density at radius 2 is 1.92 bits per heavy atom. The number of ether oxygens (including phenoxy) is 1. The second kappa shape index (κ2) is 6.30. The number of carbonyl (C=O) groups excluding carboxylic acids is 1. The van der Waals surface area contributed by atoms with E-state index in [1.807, 2.05) is 42.1 Å². The van der Waals surface area contributed by atoms with Gasteiger partial charge in [0.15, 0.2) is 0 Å². The number of aromatic nitrogens is 2. The number of nitrogens with one attached hydrogen (secondary N) is 1. The molecule has 4 rings (SSSR count). The quantitative estimate of drug-likeness (QED) is 0.845. The molecule has 126 valence electrons. The molecule has 0 unspecified atom stereocenters. The van der Waals surface area contributed by atoms with E-state index in [1.54, 1.807) is 0 Å². The molecule has 0 bridgehead atoms. The van der Waals surface area contributed by atoms with Crippen molar-refractivity contribution in [1.29, 1.82) is 0 Å². The Balaban J connectivity index is 1.40. The number of rotatable bonds is 7. The predicted octanol–water partition coefficient (Wildman–Crippen LogP) is 3.64. The first-order chi connectivity index (χ1) is 11.7. The van der Waals surface area contributed by atoms with Crippen molar-refractivity contribution in [1.82, 2.24) is 9.78 Å². The average Bonchev–Trinajstić information content (AvgIpc) is 3.50. The van der Waals surface area contributed by atoms with E-state index in [9.17, 15) is 4.79 Å². The van der Waals surface area contributed by atoms with Crippen molar-refractivity contribution in [3.8, 4) is 5.75 Å². The number of benzene rings is 1. The molecule has 5 nitrogen and oxygen atoms in total. The van der Waals surface area contributed by atoms with E-state index >= 15 is 0 Å². The van der Waals surface area contributed by atoms with E-state index in [0.29, 0.717) is 11.5 Å². The normalized spacial score (nSPS) is 16.9. The molecular weight excluding hydrogens is 302 g/mol. The zero-order chi connectivity index (χ0) is 16.5. The summed E-state index contributed by atoms with van der Waals surface area (Å²) in [5, 5.41) is 7.39. The third-order valence-electron chi connectivity index (χ3n) is 4.68. The SMILES string of the molecule is Cc1cnn(CC2CC2)c1NC(=O)c1ccc(OCC2CC2)cc1. The summed E-state index contributed by atoms with van der Waals surface area (Å²) in [4.78, 5) is 12.5. The Labute approximate surface area is 142 Å². The summed E-state index contributed by atoms with van der Waals surface area (Å²) in [5.41, 5.74) is 1.63. The molecule has 2 aliphatic carbocycles. The van der Waals surface area contributed by atoms with E-state index in [1.165, 1.54) is 25.7 Å². The van der Waals surface area contributed by atoms with E-state index < -0.39 is 0 Å². The molecule has 2 saturated carbocycles. The summed E-state index contributed by atoms with van der Waals surface area (Å²) < 4.78 is 7.63. The topological polar surface area (TPSA) is 56.2 Å². The molecule has 1 N–H and O–H groups in total. The van der Waals surface area contributed by atoms with Gasteiger partial charge in [0, 0.05) is 17.7 Å². The zero-order valence-corrected chi connectivity index (χ0v) is 14.0. The van der Waals surface area contributed by atoms with E-state index in [2.05, 4.69) is 10.4 Å². The van der Waals surface area contributed by atoms with E-state index in [0.717, 1.165) is 36.2 Å². The minimum atomic E-state index is -0.107. The number of amides is 1. The highest BCUT2D eigenvalue weighted by Gasteiger charge is 2.24. The molecular formula is C19H23N3O2. The zero-order valence-electron chi connectivity index (χ0n) is 14.0. The average molecular weight is 325 g/mol. The van der Waals surface area contributed by atoms with Gasteiger partial charge in [0.2, 0.25) is 0 Å². The number of hydrogen-bond donors (Lipinski definition) is 1. The lowest BCUT2D eigenvalue weighted by atomic mass is 10.2. The van der Waals surface area contributed by atoms with Crippen LogP contribution in [-0.2, 0) is 6.54 Å². The van der Waals surface area contributed by atoms with Crippen LogP contribution < -0.4 is 10.1 Å². The molecule has 1 aromatic heterocycles. The van der Waals surface area contributed by atoms with Crippen LogP contribution in [0.25, 0.3) is 0 Å². The van der Waals surface area contributed by atoms with Gasteiger partial charge in [0.05, 0.1) is 12.8 Å². The molecule has 2 aliphatic rings. The predicted molar refractivity (Wildman–Crippen MR) is 92.3 cm³/mol. The maximum atomic E-state index is 12.5. The maximum absolute atomic E-state index is 12.5. The number of aryl methyl sites for hydroxylation is 1. The molecule has 2 aromatic rings. The standard InChI is InChI=1S/C19H23N3O2/c1-13-10-20-22(11-14-2-3-14)18(13)21-19(23)16-6-8-17(9-7-16)24-12-15-4-5-15/h6-10,14-15H,2-5,11-12H2,1H3,(H,21,23). The van der Waals surface area contributed by atoms with Gasteiger partial charge in [-0.3, -0.25) is 4.79 Å². The Morgan fingerprint density at radius 1 is 1.21 bits per heavy atom. The molecule has 0 saturated heterocycles. The summed E-state index contributed by atoms with van der Waals surface area (Å²) in [7, 11) is 0. The first kappa shape index (κ1) is 15.2. The fraction of sp³-hybridized carbons (Fsp3) is 0.474. The van der Waals surface area contributed by atoms with Crippen LogP contribution in [0, 0.1) is 18.8 Å². The number of anilines is 1. The molecule has 1 amide bonds. The van der Waals surface area contributed by atoms with Crippen molar-refractivity contribution in [3.05, 3.63) is 41.6 Å². The largest absolute Gasteiger partial charge is 0.493 e. The fourth-order valence-corrected chi connectivity index (χ4v) is 2.71. The lowest BCUT2D eigenvalue weighted by Crippen LogP contribution is -2.17. The molecule has 0 spiro atoms. The molecule has 0 radical (unpaired) electrons. The van der Waals surface area contributed by atoms with Crippen LogP contribution >= 0.6 is 0 Å². The molecule has 1 heterocycles. The second-order valence-corrected chi connectivity index (χ2v) is 7.03. The number of nitrogens with zero attached hydrogens (tertiary/aromatic N) is 2. The Hall–Kier alpha value is -2.30.